The lowest BCUT2D eigenvalue weighted by atomic mass is 9.51. The Morgan fingerprint density at radius 1 is 0.482 bits per heavy atom. The van der Waals surface area contributed by atoms with Crippen molar-refractivity contribution >= 4 is 33.4 Å². The molecule has 0 spiro atoms. The molecule has 0 fully saturated rings. The number of aryl methyl sites for hydroxylation is 6. The Bertz CT molecular complexity index is 2460. The summed E-state index contributed by atoms with van der Waals surface area (Å²) in [6, 6.07) is 19.0. The van der Waals surface area contributed by atoms with Crippen molar-refractivity contribution in [2.45, 2.75) is 131 Å². The van der Waals surface area contributed by atoms with Gasteiger partial charge in [-0.2, -0.15) is 0 Å². The fourth-order valence-corrected chi connectivity index (χ4v) is 13.1. The fraction of sp³-hybridized carbons (Fsp3) is 0.520. The van der Waals surface area contributed by atoms with Gasteiger partial charge in [0.25, 0.3) is 0 Å². The van der Waals surface area contributed by atoms with Gasteiger partial charge in [0.05, 0.1) is 45.2 Å². The molecule has 0 radical (unpaired) electrons. The molecular weight excluding hydrogens is 685 g/mol. The van der Waals surface area contributed by atoms with Gasteiger partial charge in [-0.3, -0.25) is 0 Å². The number of benzene rings is 2. The quantitative estimate of drug-likeness (QED) is 0.155. The van der Waals surface area contributed by atoms with Crippen LogP contribution < -0.4 is 9.80 Å². The van der Waals surface area contributed by atoms with Gasteiger partial charge in [-0.05, 0) is 86.8 Å². The van der Waals surface area contributed by atoms with E-state index in [1.807, 2.05) is 0 Å². The van der Waals surface area contributed by atoms with Crippen LogP contribution in [0.5, 0.6) is 0 Å². The lowest BCUT2D eigenvalue weighted by Crippen LogP contribution is -2.62. The summed E-state index contributed by atoms with van der Waals surface area (Å²) in [5.41, 5.74) is 20.1. The average Bonchev–Trinajstić information content (AvgIpc) is 3.92. The summed E-state index contributed by atoms with van der Waals surface area (Å²) in [5.74, 6) is 0. The normalized spacial score (nSPS) is 27.0. The summed E-state index contributed by atoms with van der Waals surface area (Å²) >= 11 is 0. The first kappa shape index (κ1) is 37.3. The fourth-order valence-electron chi connectivity index (χ4n) is 13.1. The molecule has 6 heteroatoms. The minimum absolute atomic E-state index is 0.0405. The molecule has 4 atom stereocenters. The molecule has 6 aromatic rings. The first-order chi connectivity index (χ1) is 26.0. The van der Waals surface area contributed by atoms with Crippen molar-refractivity contribution in [2.24, 2.45) is 39.0 Å². The predicted molar refractivity (Wildman–Crippen MR) is 236 cm³/mol. The second-order valence-electron chi connectivity index (χ2n) is 20.6. The highest BCUT2D eigenvalue weighted by atomic mass is 15.3. The van der Waals surface area contributed by atoms with Gasteiger partial charge in [0.1, 0.15) is 0 Å². The van der Waals surface area contributed by atoms with E-state index in [0.717, 1.165) is 0 Å². The van der Waals surface area contributed by atoms with Crippen molar-refractivity contribution in [1.82, 2.24) is 18.3 Å². The monoisotopic (exact) mass is 751 g/mol. The van der Waals surface area contributed by atoms with Gasteiger partial charge in [-0.15, -0.1) is 0 Å². The Morgan fingerprint density at radius 3 is 1.16 bits per heavy atom. The highest BCUT2D eigenvalue weighted by Crippen LogP contribution is 2.70. The number of nitrogens with zero attached hydrogens (tertiary/aromatic N) is 6. The SMILES string of the molecule is Cc1cccc2c1N1C(C)c3c(c4c(ccn4C)n3C)C1(C)C(C)(C)C2(C)C.Cc1cccc2c1N1C(C)c3c(c4c(ccn4C)n3C)C1(C)C(C)(C)C2(C)C. The van der Waals surface area contributed by atoms with Crippen molar-refractivity contribution < 1.29 is 0 Å². The van der Waals surface area contributed by atoms with Gasteiger partial charge in [0, 0.05) is 85.3 Å². The van der Waals surface area contributed by atoms with E-state index in [9.17, 15) is 0 Å². The molecule has 0 saturated heterocycles. The Kier molecular flexibility index (Phi) is 7.18. The van der Waals surface area contributed by atoms with Crippen LogP contribution in [-0.2, 0) is 50.1 Å². The standard InChI is InChI=1S/2C25H33N3/c2*1-15-11-10-12-17-20(15)28-16(2)21-19(22-18(27(21)9)13-14-26(22)8)25(28,7)24(5,6)23(17,3)4/h2*10-14,16H,1-9H3. The van der Waals surface area contributed by atoms with Gasteiger partial charge in [0.15, 0.2) is 0 Å². The van der Waals surface area contributed by atoms with E-state index in [1.54, 1.807) is 0 Å². The molecule has 56 heavy (non-hydrogen) atoms. The van der Waals surface area contributed by atoms with Crippen molar-refractivity contribution in [3.05, 3.63) is 106 Å². The number of anilines is 2. The van der Waals surface area contributed by atoms with E-state index >= 15 is 0 Å². The number of hydrogen-bond donors (Lipinski definition) is 0. The Balaban J connectivity index is 0.000000146. The number of para-hydroxylation sites is 2. The van der Waals surface area contributed by atoms with Crippen LogP contribution in [0, 0.1) is 24.7 Å². The smallest absolute Gasteiger partial charge is 0.0731 e. The number of rotatable bonds is 0. The molecule has 0 aliphatic carbocycles. The van der Waals surface area contributed by atoms with E-state index in [4.69, 9.17) is 0 Å². The molecule has 0 N–H and O–H groups in total. The third kappa shape index (κ3) is 3.73. The summed E-state index contributed by atoms with van der Waals surface area (Å²) in [4.78, 5) is 5.50. The summed E-state index contributed by atoms with van der Waals surface area (Å²) in [5, 5.41) is 0. The first-order valence-electron chi connectivity index (χ1n) is 21.0. The highest BCUT2D eigenvalue weighted by Gasteiger charge is 2.67. The molecule has 4 aromatic heterocycles. The van der Waals surface area contributed by atoms with Crippen LogP contribution in [0.1, 0.15) is 140 Å². The number of hydrogen-bond acceptors (Lipinski definition) is 2. The van der Waals surface area contributed by atoms with Crippen LogP contribution >= 0.6 is 0 Å². The lowest BCUT2D eigenvalue weighted by molar-refractivity contribution is 0.0658. The lowest BCUT2D eigenvalue weighted by Gasteiger charge is -2.62. The third-order valence-corrected chi connectivity index (χ3v) is 17.9. The zero-order chi connectivity index (χ0) is 40.8. The van der Waals surface area contributed by atoms with Crippen molar-refractivity contribution in [3.8, 4) is 0 Å². The Morgan fingerprint density at radius 2 is 0.821 bits per heavy atom. The van der Waals surface area contributed by atoms with Crippen molar-refractivity contribution in [2.75, 3.05) is 9.80 Å². The highest BCUT2D eigenvalue weighted by molar-refractivity contribution is 5.90. The second-order valence-corrected chi connectivity index (χ2v) is 20.6. The molecule has 0 bridgehead atoms. The summed E-state index contributed by atoms with van der Waals surface area (Å²) in [7, 11) is 8.88. The molecule has 2 aromatic carbocycles. The minimum atomic E-state index is -0.0873. The summed E-state index contributed by atoms with van der Waals surface area (Å²) in [6.07, 6.45) is 4.42. The largest absolute Gasteiger partial charge is 0.353 e. The van der Waals surface area contributed by atoms with E-state index in [0.29, 0.717) is 12.1 Å². The zero-order valence-electron chi connectivity index (χ0n) is 37.6. The minimum Gasteiger partial charge on any atom is -0.353 e. The third-order valence-electron chi connectivity index (χ3n) is 17.9. The summed E-state index contributed by atoms with van der Waals surface area (Å²) in [6.45, 7) is 34.1. The molecule has 4 unspecified atom stereocenters. The van der Waals surface area contributed by atoms with E-state index in [-0.39, 0.29) is 32.7 Å². The van der Waals surface area contributed by atoms with E-state index in [1.165, 1.54) is 78.2 Å². The van der Waals surface area contributed by atoms with E-state index in [2.05, 4.69) is 214 Å². The Hall–Kier alpha value is -4.32. The maximum Gasteiger partial charge on any atom is 0.0731 e. The van der Waals surface area contributed by atoms with Crippen molar-refractivity contribution in [1.29, 1.82) is 0 Å². The zero-order valence-corrected chi connectivity index (χ0v) is 37.6. The molecule has 4 aliphatic rings. The molecule has 296 valence electrons. The van der Waals surface area contributed by atoms with Crippen LogP contribution in [-0.4, -0.2) is 18.3 Å². The van der Waals surface area contributed by atoms with Crippen molar-refractivity contribution in [3.63, 3.8) is 0 Å². The molecule has 8 heterocycles. The van der Waals surface area contributed by atoms with Crippen LogP contribution in [0.4, 0.5) is 11.4 Å². The molecule has 0 saturated carbocycles. The maximum absolute atomic E-state index is 2.75. The molecular formula is C50H66N6. The van der Waals surface area contributed by atoms with Crippen LogP contribution in [0.3, 0.4) is 0 Å². The first-order valence-corrected chi connectivity index (χ1v) is 21.0. The van der Waals surface area contributed by atoms with Crippen LogP contribution in [0.15, 0.2) is 60.9 Å². The van der Waals surface area contributed by atoms with Gasteiger partial charge < -0.3 is 28.1 Å². The van der Waals surface area contributed by atoms with Gasteiger partial charge >= 0.3 is 0 Å². The van der Waals surface area contributed by atoms with E-state index < -0.39 is 0 Å². The maximum atomic E-state index is 2.75. The van der Waals surface area contributed by atoms with Gasteiger partial charge in [-0.1, -0.05) is 91.8 Å². The average molecular weight is 751 g/mol. The molecule has 0 amide bonds. The molecule has 4 aliphatic heterocycles. The second kappa shape index (κ2) is 10.8. The Labute approximate surface area is 336 Å². The molecule has 10 rings (SSSR count). The van der Waals surface area contributed by atoms with Crippen LogP contribution in [0.2, 0.25) is 0 Å². The van der Waals surface area contributed by atoms with Gasteiger partial charge in [0.2, 0.25) is 0 Å². The van der Waals surface area contributed by atoms with Gasteiger partial charge in [-0.25, -0.2) is 0 Å². The molecule has 6 nitrogen and oxygen atoms in total. The van der Waals surface area contributed by atoms with Crippen LogP contribution in [0.25, 0.3) is 22.1 Å². The topological polar surface area (TPSA) is 26.2 Å². The number of aromatic nitrogens is 4. The predicted octanol–water partition coefficient (Wildman–Crippen LogP) is 11.9. The summed E-state index contributed by atoms with van der Waals surface area (Å²) < 4.78 is 9.54. The number of fused-ring (bicyclic) bond motifs is 14.